The molecule has 5 rings (SSSR count). The maximum Gasteiger partial charge on any atom is 0.329 e. The van der Waals surface area contributed by atoms with Crippen LogP contribution in [0.15, 0.2) is 48.7 Å². The molecule has 1 fully saturated rings. The monoisotopic (exact) mass is 482 g/mol. The standard InChI is InChI=1S/C23H23ClN6O4/c24-15-3-1-2-14(10-15)18-4-5-19-21(26-18)30(16-7-9-29(19)11-16)23(33)28-20-6-8-25-22(27-20)34-13-17(32)12-31/h1-6,8,10,16-17,31-32H,7,9,11-13H2,(H,25,27,28,33)/t16-,17?/m0/s1. The fourth-order valence-electron chi connectivity index (χ4n) is 4.15. The van der Waals surface area contributed by atoms with E-state index < -0.39 is 12.7 Å². The van der Waals surface area contributed by atoms with Crippen molar-refractivity contribution in [2.45, 2.75) is 18.6 Å². The molecule has 2 bridgehead atoms. The minimum atomic E-state index is -1.04. The number of nitrogens with one attached hydrogen (secondary N) is 1. The molecule has 2 aliphatic heterocycles. The summed E-state index contributed by atoms with van der Waals surface area (Å²) in [6.45, 7) is 0.975. The molecule has 2 amide bonds. The maximum atomic E-state index is 13.4. The van der Waals surface area contributed by atoms with Crippen molar-refractivity contribution in [2.24, 2.45) is 0 Å². The number of carbonyl (C=O) groups is 1. The molecule has 0 saturated carbocycles. The van der Waals surface area contributed by atoms with Crippen molar-refractivity contribution in [1.82, 2.24) is 15.0 Å². The predicted octanol–water partition coefficient (Wildman–Crippen LogP) is 2.55. The van der Waals surface area contributed by atoms with E-state index in [0.717, 1.165) is 36.5 Å². The van der Waals surface area contributed by atoms with Gasteiger partial charge in [-0.15, -0.1) is 0 Å². The number of hydrogen-bond donors (Lipinski definition) is 3. The van der Waals surface area contributed by atoms with E-state index in [0.29, 0.717) is 10.8 Å². The van der Waals surface area contributed by atoms with Crippen LogP contribution in [-0.2, 0) is 0 Å². The van der Waals surface area contributed by atoms with Gasteiger partial charge in [-0.2, -0.15) is 4.98 Å². The van der Waals surface area contributed by atoms with Crippen LogP contribution < -0.4 is 19.9 Å². The van der Waals surface area contributed by atoms with Gasteiger partial charge in [0.1, 0.15) is 18.5 Å². The summed E-state index contributed by atoms with van der Waals surface area (Å²) in [4.78, 5) is 30.3. The lowest BCUT2D eigenvalue weighted by Crippen LogP contribution is -2.48. The highest BCUT2D eigenvalue weighted by molar-refractivity contribution is 6.30. The first-order valence-electron chi connectivity index (χ1n) is 10.9. The second-order valence-corrected chi connectivity index (χ2v) is 8.55. The lowest BCUT2D eigenvalue weighted by Gasteiger charge is -2.35. The van der Waals surface area contributed by atoms with Crippen LogP contribution in [0.3, 0.4) is 0 Å². The van der Waals surface area contributed by atoms with Crippen LogP contribution >= 0.6 is 11.6 Å². The first-order valence-corrected chi connectivity index (χ1v) is 11.3. The van der Waals surface area contributed by atoms with Gasteiger partial charge in [-0.05, 0) is 36.8 Å². The summed E-state index contributed by atoms with van der Waals surface area (Å²) in [7, 11) is 0. The number of anilines is 3. The Morgan fingerprint density at radius 3 is 2.97 bits per heavy atom. The molecule has 4 heterocycles. The molecule has 1 aromatic carbocycles. The van der Waals surface area contributed by atoms with E-state index in [1.165, 1.54) is 6.20 Å². The lowest BCUT2D eigenvalue weighted by atomic mass is 10.1. The summed E-state index contributed by atoms with van der Waals surface area (Å²) < 4.78 is 5.28. The predicted molar refractivity (Wildman–Crippen MR) is 127 cm³/mol. The Labute approximate surface area is 200 Å². The summed E-state index contributed by atoms with van der Waals surface area (Å²) in [5, 5.41) is 21.8. The number of aliphatic hydroxyl groups excluding tert-OH is 2. The highest BCUT2D eigenvalue weighted by Crippen LogP contribution is 2.40. The van der Waals surface area contributed by atoms with Gasteiger partial charge < -0.3 is 19.8 Å². The Morgan fingerprint density at radius 2 is 2.15 bits per heavy atom. The van der Waals surface area contributed by atoms with Gasteiger partial charge in [0.25, 0.3) is 0 Å². The summed E-state index contributed by atoms with van der Waals surface area (Å²) in [6, 6.07) is 12.5. The Kier molecular flexibility index (Phi) is 6.18. The Bertz CT molecular complexity index is 1210. The van der Waals surface area contributed by atoms with Crippen LogP contribution in [0.2, 0.25) is 5.02 Å². The molecule has 0 spiro atoms. The zero-order valence-electron chi connectivity index (χ0n) is 18.1. The fourth-order valence-corrected chi connectivity index (χ4v) is 4.34. The van der Waals surface area contributed by atoms with Crippen molar-refractivity contribution in [2.75, 3.05) is 41.4 Å². The first-order chi connectivity index (χ1) is 16.5. The van der Waals surface area contributed by atoms with E-state index in [4.69, 9.17) is 26.4 Å². The number of rotatable bonds is 6. The smallest absolute Gasteiger partial charge is 0.329 e. The zero-order chi connectivity index (χ0) is 23.7. The van der Waals surface area contributed by atoms with Gasteiger partial charge in [0.15, 0.2) is 5.82 Å². The van der Waals surface area contributed by atoms with E-state index in [1.54, 1.807) is 17.0 Å². The molecular weight excluding hydrogens is 460 g/mol. The van der Waals surface area contributed by atoms with E-state index in [2.05, 4.69) is 20.2 Å². The number of urea groups is 1. The lowest BCUT2D eigenvalue weighted by molar-refractivity contribution is 0.0505. The van der Waals surface area contributed by atoms with Gasteiger partial charge in [0.2, 0.25) is 0 Å². The second-order valence-electron chi connectivity index (χ2n) is 8.11. The quantitative estimate of drug-likeness (QED) is 0.489. The summed E-state index contributed by atoms with van der Waals surface area (Å²) >= 11 is 6.17. The van der Waals surface area contributed by atoms with Crippen molar-refractivity contribution < 1.29 is 19.7 Å². The molecule has 2 aromatic heterocycles. The second kappa shape index (κ2) is 9.41. The third-order valence-corrected chi connectivity index (χ3v) is 6.01. The van der Waals surface area contributed by atoms with Crippen LogP contribution in [0.4, 0.5) is 22.1 Å². The Balaban J connectivity index is 1.41. The van der Waals surface area contributed by atoms with Crippen LogP contribution in [0.5, 0.6) is 6.01 Å². The van der Waals surface area contributed by atoms with Crippen LogP contribution in [0.1, 0.15) is 6.42 Å². The molecule has 1 unspecified atom stereocenters. The van der Waals surface area contributed by atoms with Gasteiger partial charge in [-0.1, -0.05) is 23.7 Å². The number of nitrogens with zero attached hydrogens (tertiary/aromatic N) is 5. The molecular formula is C23H23ClN6O4. The minimum absolute atomic E-state index is 0.0160. The van der Waals surface area contributed by atoms with Gasteiger partial charge in [-0.25, -0.2) is 14.8 Å². The molecule has 34 heavy (non-hydrogen) atoms. The minimum Gasteiger partial charge on any atom is -0.461 e. The topological polar surface area (TPSA) is 124 Å². The number of carbonyl (C=O) groups excluding carboxylic acids is 1. The molecule has 10 nitrogen and oxygen atoms in total. The normalized spacial score (nSPS) is 17.3. The number of aliphatic hydroxyl groups is 2. The van der Waals surface area contributed by atoms with Crippen molar-refractivity contribution in [1.29, 1.82) is 0 Å². The SMILES string of the molecule is O=C(Nc1ccnc(OCC(O)CO)n1)N1c2nc(-c3cccc(Cl)c3)ccc2N2CC[C@H]1C2. The third kappa shape index (κ3) is 4.47. The molecule has 3 aromatic rings. The number of aromatic nitrogens is 3. The van der Waals surface area contributed by atoms with E-state index in [9.17, 15) is 9.90 Å². The molecule has 1 saturated heterocycles. The highest BCUT2D eigenvalue weighted by Gasteiger charge is 2.40. The first kappa shape index (κ1) is 22.3. The zero-order valence-corrected chi connectivity index (χ0v) is 18.9. The third-order valence-electron chi connectivity index (χ3n) is 5.78. The number of pyridine rings is 1. The molecule has 0 aliphatic carbocycles. The van der Waals surface area contributed by atoms with Crippen molar-refractivity contribution >= 4 is 35.0 Å². The maximum absolute atomic E-state index is 13.4. The molecule has 2 aliphatic rings. The molecule has 176 valence electrons. The molecule has 3 N–H and O–H groups in total. The Hall–Kier alpha value is -3.47. The van der Waals surface area contributed by atoms with Gasteiger partial charge >= 0.3 is 12.0 Å². The average Bonchev–Trinajstić information content (AvgIpc) is 3.26. The van der Waals surface area contributed by atoms with Crippen molar-refractivity contribution in [3.05, 3.63) is 53.7 Å². The number of hydrogen-bond acceptors (Lipinski definition) is 8. The van der Waals surface area contributed by atoms with Gasteiger partial charge in [0.05, 0.1) is 24.0 Å². The largest absolute Gasteiger partial charge is 0.461 e. The summed E-state index contributed by atoms with van der Waals surface area (Å²) in [5.74, 6) is 0.835. The number of amides is 2. The molecule has 0 radical (unpaired) electrons. The van der Waals surface area contributed by atoms with Crippen LogP contribution in [0, 0.1) is 0 Å². The number of ether oxygens (including phenoxy) is 1. The highest BCUT2D eigenvalue weighted by atomic mass is 35.5. The van der Waals surface area contributed by atoms with E-state index >= 15 is 0 Å². The summed E-state index contributed by atoms with van der Waals surface area (Å²) in [6.07, 6.45) is 1.23. The van der Waals surface area contributed by atoms with Crippen molar-refractivity contribution in [3.8, 4) is 17.3 Å². The summed E-state index contributed by atoms with van der Waals surface area (Å²) in [5.41, 5.74) is 2.49. The van der Waals surface area contributed by atoms with Crippen LogP contribution in [-0.4, -0.2) is 69.6 Å². The Morgan fingerprint density at radius 1 is 1.26 bits per heavy atom. The number of fused-ring (bicyclic) bond motifs is 4. The van der Waals surface area contributed by atoms with Crippen LogP contribution in [0.25, 0.3) is 11.3 Å². The molecule has 11 heteroatoms. The van der Waals surface area contributed by atoms with Gasteiger partial charge in [0, 0.05) is 29.9 Å². The fraction of sp³-hybridized carbons (Fsp3) is 0.304. The van der Waals surface area contributed by atoms with E-state index in [-0.39, 0.29) is 30.5 Å². The van der Waals surface area contributed by atoms with E-state index in [1.807, 2.05) is 30.3 Å². The molecule has 2 atom stereocenters. The average molecular weight is 483 g/mol. The number of benzene rings is 1. The number of halogens is 1. The van der Waals surface area contributed by atoms with Gasteiger partial charge in [-0.3, -0.25) is 10.2 Å². The van der Waals surface area contributed by atoms with Crippen molar-refractivity contribution in [3.63, 3.8) is 0 Å².